The number of hydrogen-bond donors (Lipinski definition) is 0. The third-order valence-corrected chi connectivity index (χ3v) is 6.03. The summed E-state index contributed by atoms with van der Waals surface area (Å²) in [5, 5.41) is 4.09. The van der Waals surface area contributed by atoms with Gasteiger partial charge in [-0.25, -0.2) is 0 Å². The van der Waals surface area contributed by atoms with Crippen molar-refractivity contribution in [3.8, 4) is 0 Å². The molecule has 25 heavy (non-hydrogen) atoms. The summed E-state index contributed by atoms with van der Waals surface area (Å²) in [5.41, 5.74) is 1.42. The molecule has 0 unspecified atom stereocenters. The van der Waals surface area contributed by atoms with E-state index in [4.69, 9.17) is 4.52 Å². The Kier molecular flexibility index (Phi) is 4.61. The molecule has 2 aliphatic heterocycles. The molecule has 2 aliphatic rings. The van der Waals surface area contributed by atoms with Gasteiger partial charge in [-0.2, -0.15) is 4.98 Å². The summed E-state index contributed by atoms with van der Waals surface area (Å²) in [6.07, 6.45) is 2.31. The van der Waals surface area contributed by atoms with E-state index in [9.17, 15) is 0 Å². The summed E-state index contributed by atoms with van der Waals surface area (Å²) in [6, 6.07) is 10.8. The number of likely N-dealkylation sites (N-methyl/N-ethyl adjacent to an activating group) is 1. The van der Waals surface area contributed by atoms with Crippen molar-refractivity contribution in [2.45, 2.75) is 32.1 Å². The third-order valence-electron chi connectivity index (χ3n) is 6.03. The number of fused-ring (bicyclic) bond motifs is 1. The van der Waals surface area contributed by atoms with E-state index in [0.717, 1.165) is 50.9 Å². The van der Waals surface area contributed by atoms with Crippen LogP contribution < -0.4 is 0 Å². The number of piperidine rings is 1. The molecule has 3 heterocycles. The van der Waals surface area contributed by atoms with Gasteiger partial charge in [-0.3, -0.25) is 0 Å². The average molecular weight is 340 g/mol. The first kappa shape index (κ1) is 16.7. The smallest absolute Gasteiger partial charge is 0.235 e. The predicted molar refractivity (Wildman–Crippen MR) is 97.5 cm³/mol. The van der Waals surface area contributed by atoms with Crippen molar-refractivity contribution in [1.82, 2.24) is 19.9 Å². The molecule has 4 rings (SSSR count). The molecule has 0 spiro atoms. The topological polar surface area (TPSA) is 45.4 Å². The molecule has 134 valence electrons. The molecule has 0 aliphatic carbocycles. The predicted octanol–water partition coefficient (Wildman–Crippen LogP) is 2.52. The van der Waals surface area contributed by atoms with Crippen LogP contribution in [0.5, 0.6) is 0 Å². The van der Waals surface area contributed by atoms with Gasteiger partial charge in [0, 0.05) is 26.2 Å². The summed E-state index contributed by atoms with van der Waals surface area (Å²) >= 11 is 0. The first-order valence-corrected chi connectivity index (χ1v) is 9.49. The standard InChI is InChI=1S/C20H28N4O/c1-3-23-13-18-10-12-24(11-9-17-7-5-4-6-8-17)15-20(18,14-23)19-21-16(2)22-25-19/h4-8,18H,3,9-15H2,1-2H3/t18-,20+/m0/s1. The van der Waals surface area contributed by atoms with Crippen molar-refractivity contribution < 1.29 is 4.52 Å². The fourth-order valence-electron chi connectivity index (χ4n) is 4.62. The number of aromatic nitrogens is 2. The summed E-state index contributed by atoms with van der Waals surface area (Å²) in [4.78, 5) is 9.80. The zero-order valence-corrected chi connectivity index (χ0v) is 15.3. The second kappa shape index (κ2) is 6.89. The van der Waals surface area contributed by atoms with E-state index in [1.807, 2.05) is 6.92 Å². The van der Waals surface area contributed by atoms with Crippen molar-refractivity contribution in [1.29, 1.82) is 0 Å². The third kappa shape index (κ3) is 3.23. The lowest BCUT2D eigenvalue weighted by Crippen LogP contribution is -2.52. The highest BCUT2D eigenvalue weighted by Gasteiger charge is 2.53. The first-order chi connectivity index (χ1) is 12.2. The van der Waals surface area contributed by atoms with Crippen LogP contribution in [0.15, 0.2) is 34.9 Å². The molecule has 2 aromatic rings. The van der Waals surface area contributed by atoms with Crippen LogP contribution in [0.2, 0.25) is 0 Å². The number of aryl methyl sites for hydroxylation is 1. The van der Waals surface area contributed by atoms with Gasteiger partial charge in [0.25, 0.3) is 0 Å². The first-order valence-electron chi connectivity index (χ1n) is 9.49. The van der Waals surface area contributed by atoms with E-state index in [2.05, 4.69) is 57.2 Å². The monoisotopic (exact) mass is 340 g/mol. The molecule has 2 saturated heterocycles. The molecule has 2 atom stereocenters. The largest absolute Gasteiger partial charge is 0.339 e. The molecule has 1 aromatic carbocycles. The van der Waals surface area contributed by atoms with E-state index < -0.39 is 0 Å². The van der Waals surface area contributed by atoms with Gasteiger partial charge in [0.05, 0.1) is 5.41 Å². The van der Waals surface area contributed by atoms with Gasteiger partial charge in [0.2, 0.25) is 5.89 Å². The van der Waals surface area contributed by atoms with Gasteiger partial charge in [0.1, 0.15) is 0 Å². The molecule has 5 heteroatoms. The molecule has 0 amide bonds. The lowest BCUT2D eigenvalue weighted by atomic mass is 9.73. The SMILES string of the molecule is CCN1C[C@@H]2CCN(CCc3ccccc3)C[C@]2(c2nc(C)no2)C1. The van der Waals surface area contributed by atoms with Crippen LogP contribution in [-0.2, 0) is 11.8 Å². The average Bonchev–Trinajstić information content (AvgIpc) is 3.24. The molecular weight excluding hydrogens is 312 g/mol. The maximum atomic E-state index is 5.70. The number of hydrogen-bond acceptors (Lipinski definition) is 5. The molecule has 0 bridgehead atoms. The van der Waals surface area contributed by atoms with E-state index in [1.165, 1.54) is 18.5 Å². The molecule has 1 aromatic heterocycles. The van der Waals surface area contributed by atoms with Crippen LogP contribution >= 0.6 is 0 Å². The van der Waals surface area contributed by atoms with Crippen molar-refractivity contribution in [3.05, 3.63) is 47.6 Å². The minimum Gasteiger partial charge on any atom is -0.339 e. The summed E-state index contributed by atoms with van der Waals surface area (Å²) < 4.78 is 5.70. The van der Waals surface area contributed by atoms with Crippen LogP contribution in [0.1, 0.15) is 30.6 Å². The second-order valence-corrected chi connectivity index (χ2v) is 7.63. The Hall–Kier alpha value is -1.72. The van der Waals surface area contributed by atoms with Gasteiger partial charge in [-0.05, 0) is 44.3 Å². The highest BCUT2D eigenvalue weighted by molar-refractivity contribution is 5.18. The summed E-state index contributed by atoms with van der Waals surface area (Å²) in [7, 11) is 0. The Balaban J connectivity index is 1.52. The van der Waals surface area contributed by atoms with Crippen molar-refractivity contribution in [3.63, 3.8) is 0 Å². The zero-order valence-electron chi connectivity index (χ0n) is 15.3. The maximum absolute atomic E-state index is 5.70. The fraction of sp³-hybridized carbons (Fsp3) is 0.600. The van der Waals surface area contributed by atoms with E-state index in [0.29, 0.717) is 5.92 Å². The van der Waals surface area contributed by atoms with Crippen LogP contribution in [0.25, 0.3) is 0 Å². The molecule has 2 fully saturated rings. The van der Waals surface area contributed by atoms with Gasteiger partial charge < -0.3 is 14.3 Å². The highest BCUT2D eigenvalue weighted by atomic mass is 16.5. The lowest BCUT2D eigenvalue weighted by molar-refractivity contribution is 0.0938. The Labute approximate surface area is 150 Å². The number of benzene rings is 1. The molecule has 0 N–H and O–H groups in total. The van der Waals surface area contributed by atoms with Crippen molar-refractivity contribution in [2.75, 3.05) is 39.3 Å². The van der Waals surface area contributed by atoms with Crippen LogP contribution in [0, 0.1) is 12.8 Å². The van der Waals surface area contributed by atoms with Crippen LogP contribution in [-0.4, -0.2) is 59.2 Å². The molecule has 5 nitrogen and oxygen atoms in total. The van der Waals surface area contributed by atoms with Gasteiger partial charge in [-0.1, -0.05) is 42.4 Å². The highest BCUT2D eigenvalue weighted by Crippen LogP contribution is 2.43. The Morgan fingerprint density at radius 3 is 2.72 bits per heavy atom. The maximum Gasteiger partial charge on any atom is 0.235 e. The summed E-state index contributed by atoms with van der Waals surface area (Å²) in [5.74, 6) is 2.23. The molecule has 0 radical (unpaired) electrons. The van der Waals surface area contributed by atoms with Crippen molar-refractivity contribution >= 4 is 0 Å². The lowest BCUT2D eigenvalue weighted by Gasteiger charge is -2.42. The minimum absolute atomic E-state index is 0.00616. The zero-order chi connectivity index (χ0) is 17.3. The van der Waals surface area contributed by atoms with Crippen LogP contribution in [0.4, 0.5) is 0 Å². The number of likely N-dealkylation sites (tertiary alicyclic amines) is 2. The van der Waals surface area contributed by atoms with Gasteiger partial charge >= 0.3 is 0 Å². The van der Waals surface area contributed by atoms with Crippen molar-refractivity contribution in [2.24, 2.45) is 5.92 Å². The second-order valence-electron chi connectivity index (χ2n) is 7.63. The quantitative estimate of drug-likeness (QED) is 0.837. The normalized spacial score (nSPS) is 27.5. The number of nitrogens with zero attached hydrogens (tertiary/aromatic N) is 4. The van der Waals surface area contributed by atoms with E-state index in [1.54, 1.807) is 0 Å². The fourth-order valence-corrected chi connectivity index (χ4v) is 4.62. The minimum atomic E-state index is 0.00616. The number of rotatable bonds is 5. The molecule has 0 saturated carbocycles. The van der Waals surface area contributed by atoms with E-state index >= 15 is 0 Å². The van der Waals surface area contributed by atoms with Gasteiger partial charge in [0.15, 0.2) is 5.82 Å². The Morgan fingerprint density at radius 1 is 1.20 bits per heavy atom. The van der Waals surface area contributed by atoms with E-state index in [-0.39, 0.29) is 5.41 Å². The van der Waals surface area contributed by atoms with Gasteiger partial charge in [-0.15, -0.1) is 0 Å². The summed E-state index contributed by atoms with van der Waals surface area (Å²) in [6.45, 7) is 10.8. The van der Waals surface area contributed by atoms with Crippen LogP contribution in [0.3, 0.4) is 0 Å². The Bertz CT molecular complexity index is 701. The molecular formula is C20H28N4O. The Morgan fingerprint density at radius 2 is 2.00 bits per heavy atom.